The van der Waals surface area contributed by atoms with Crippen LogP contribution in [0.25, 0.3) is 0 Å². The zero-order valence-electron chi connectivity index (χ0n) is 19.2. The summed E-state index contributed by atoms with van der Waals surface area (Å²) in [6, 6.07) is 8.52. The van der Waals surface area contributed by atoms with E-state index < -0.39 is 12.0 Å². The molecule has 4 nitrogen and oxygen atoms in total. The van der Waals surface area contributed by atoms with Crippen LogP contribution >= 0.6 is 0 Å². The molecule has 172 valence electrons. The van der Waals surface area contributed by atoms with Crippen molar-refractivity contribution in [1.82, 2.24) is 5.32 Å². The molecule has 4 heteroatoms. The number of carboxylic acid groups (broad SMARTS) is 1. The topological polar surface area (TPSA) is 66.4 Å². The van der Waals surface area contributed by atoms with Crippen molar-refractivity contribution in [2.75, 3.05) is 0 Å². The van der Waals surface area contributed by atoms with Crippen LogP contribution in [0.5, 0.6) is 0 Å². The highest BCUT2D eigenvalue weighted by atomic mass is 16.4. The summed E-state index contributed by atoms with van der Waals surface area (Å²) in [5.41, 5.74) is 0.909. The van der Waals surface area contributed by atoms with Gasteiger partial charge in [-0.3, -0.25) is 4.79 Å². The van der Waals surface area contributed by atoms with Crippen LogP contribution < -0.4 is 5.32 Å². The molecule has 0 saturated heterocycles. The SMILES string of the molecule is CCCCCC/C=C/C=C\CCCCCCCC(=O)NC(Cc1ccccc1)C(=O)O. The molecule has 0 heterocycles. The van der Waals surface area contributed by atoms with Gasteiger partial charge in [0.1, 0.15) is 6.04 Å². The molecular weight excluding hydrogens is 386 g/mol. The van der Waals surface area contributed by atoms with Crippen LogP contribution in [0.3, 0.4) is 0 Å². The Labute approximate surface area is 188 Å². The number of carbonyl (C=O) groups excluding carboxylic acids is 1. The second-order valence-corrected chi connectivity index (χ2v) is 8.16. The lowest BCUT2D eigenvalue weighted by atomic mass is 10.1. The third kappa shape index (κ3) is 15.1. The summed E-state index contributed by atoms with van der Waals surface area (Å²) in [5.74, 6) is -1.16. The van der Waals surface area contributed by atoms with E-state index in [1.165, 1.54) is 44.9 Å². The molecule has 0 spiro atoms. The molecule has 0 bridgehead atoms. The van der Waals surface area contributed by atoms with Crippen molar-refractivity contribution >= 4 is 11.9 Å². The Bertz CT molecular complexity index is 652. The Morgan fingerprint density at radius 1 is 0.871 bits per heavy atom. The molecule has 1 atom stereocenters. The summed E-state index contributed by atoms with van der Waals surface area (Å²) < 4.78 is 0. The van der Waals surface area contributed by atoms with E-state index in [1.54, 1.807) is 0 Å². The number of benzene rings is 1. The molecule has 0 aliphatic heterocycles. The minimum Gasteiger partial charge on any atom is -0.480 e. The lowest BCUT2D eigenvalue weighted by Gasteiger charge is -2.14. The minimum absolute atomic E-state index is 0.173. The quantitative estimate of drug-likeness (QED) is 0.204. The monoisotopic (exact) mass is 427 g/mol. The van der Waals surface area contributed by atoms with Crippen LogP contribution in [0, 0.1) is 0 Å². The number of unbranched alkanes of at least 4 members (excludes halogenated alkanes) is 9. The van der Waals surface area contributed by atoms with Crippen LogP contribution in [0.2, 0.25) is 0 Å². The van der Waals surface area contributed by atoms with E-state index in [0.717, 1.165) is 31.2 Å². The summed E-state index contributed by atoms with van der Waals surface area (Å²) >= 11 is 0. The number of nitrogens with one attached hydrogen (secondary N) is 1. The molecule has 1 rings (SSSR count). The summed E-state index contributed by atoms with van der Waals surface area (Å²) in [4.78, 5) is 23.5. The van der Waals surface area contributed by atoms with E-state index in [2.05, 4.69) is 36.5 Å². The van der Waals surface area contributed by atoms with Gasteiger partial charge >= 0.3 is 5.97 Å². The average Bonchev–Trinajstić information content (AvgIpc) is 2.76. The molecule has 0 aliphatic carbocycles. The van der Waals surface area contributed by atoms with Crippen molar-refractivity contribution in [3.63, 3.8) is 0 Å². The third-order valence-corrected chi connectivity index (χ3v) is 5.30. The van der Waals surface area contributed by atoms with Gasteiger partial charge in [0.05, 0.1) is 0 Å². The number of aliphatic carboxylic acids is 1. The predicted molar refractivity (Wildman–Crippen MR) is 129 cm³/mol. The molecular formula is C27H41NO3. The first kappa shape index (κ1) is 26.7. The molecule has 1 amide bonds. The van der Waals surface area contributed by atoms with Gasteiger partial charge in [-0.05, 0) is 37.7 Å². The van der Waals surface area contributed by atoms with E-state index in [0.29, 0.717) is 12.8 Å². The van der Waals surface area contributed by atoms with E-state index in [9.17, 15) is 14.7 Å². The highest BCUT2D eigenvalue weighted by Crippen LogP contribution is 2.09. The lowest BCUT2D eigenvalue weighted by Crippen LogP contribution is -2.42. The largest absolute Gasteiger partial charge is 0.480 e. The van der Waals surface area contributed by atoms with E-state index >= 15 is 0 Å². The Morgan fingerprint density at radius 3 is 2.06 bits per heavy atom. The fraction of sp³-hybridized carbons (Fsp3) is 0.556. The number of hydrogen-bond acceptors (Lipinski definition) is 2. The second-order valence-electron chi connectivity index (χ2n) is 8.16. The van der Waals surface area contributed by atoms with Gasteiger partial charge in [-0.2, -0.15) is 0 Å². The summed E-state index contributed by atoms with van der Waals surface area (Å²) in [6.45, 7) is 2.24. The number of allylic oxidation sites excluding steroid dienone is 4. The van der Waals surface area contributed by atoms with Crippen molar-refractivity contribution in [3.8, 4) is 0 Å². The Kier molecular flexibility index (Phi) is 15.8. The molecule has 0 saturated carbocycles. The molecule has 0 radical (unpaired) electrons. The number of carbonyl (C=O) groups is 2. The van der Waals surface area contributed by atoms with Crippen LogP contribution in [0.1, 0.15) is 89.5 Å². The van der Waals surface area contributed by atoms with E-state index in [1.807, 2.05) is 30.3 Å². The van der Waals surface area contributed by atoms with Crippen molar-refractivity contribution in [2.45, 2.75) is 96.4 Å². The van der Waals surface area contributed by atoms with E-state index in [-0.39, 0.29) is 5.91 Å². The Morgan fingerprint density at radius 2 is 1.45 bits per heavy atom. The summed E-state index contributed by atoms with van der Waals surface area (Å²) in [5, 5.41) is 12.0. The number of carboxylic acids is 1. The van der Waals surface area contributed by atoms with Gasteiger partial charge in [-0.25, -0.2) is 4.79 Å². The highest BCUT2D eigenvalue weighted by molar-refractivity contribution is 5.83. The maximum Gasteiger partial charge on any atom is 0.326 e. The number of rotatable bonds is 18. The van der Waals surface area contributed by atoms with Crippen molar-refractivity contribution in [1.29, 1.82) is 0 Å². The molecule has 0 fully saturated rings. The van der Waals surface area contributed by atoms with Gasteiger partial charge in [-0.15, -0.1) is 0 Å². The first-order chi connectivity index (χ1) is 15.1. The number of hydrogen-bond donors (Lipinski definition) is 2. The maximum absolute atomic E-state index is 12.1. The van der Waals surface area contributed by atoms with Crippen LogP contribution in [-0.4, -0.2) is 23.0 Å². The predicted octanol–water partition coefficient (Wildman–Crippen LogP) is 6.61. The number of amides is 1. The zero-order valence-corrected chi connectivity index (χ0v) is 19.2. The zero-order chi connectivity index (χ0) is 22.6. The molecule has 1 aromatic carbocycles. The van der Waals surface area contributed by atoms with Gasteiger partial charge in [0.25, 0.3) is 0 Å². The highest BCUT2D eigenvalue weighted by Gasteiger charge is 2.19. The Balaban J connectivity index is 2.04. The third-order valence-electron chi connectivity index (χ3n) is 5.30. The fourth-order valence-corrected chi connectivity index (χ4v) is 3.43. The normalized spacial score (nSPS) is 12.4. The lowest BCUT2D eigenvalue weighted by molar-refractivity contribution is -0.141. The van der Waals surface area contributed by atoms with Crippen LogP contribution in [0.4, 0.5) is 0 Å². The van der Waals surface area contributed by atoms with Crippen LogP contribution in [0.15, 0.2) is 54.6 Å². The molecule has 2 N–H and O–H groups in total. The summed E-state index contributed by atoms with van der Waals surface area (Å²) in [7, 11) is 0. The van der Waals surface area contributed by atoms with Crippen molar-refractivity contribution < 1.29 is 14.7 Å². The molecule has 1 unspecified atom stereocenters. The molecule has 1 aromatic rings. The molecule has 0 aromatic heterocycles. The fourth-order valence-electron chi connectivity index (χ4n) is 3.43. The minimum atomic E-state index is -0.989. The summed E-state index contributed by atoms with van der Waals surface area (Å²) in [6.07, 6.45) is 22.3. The van der Waals surface area contributed by atoms with Crippen molar-refractivity contribution in [2.24, 2.45) is 0 Å². The smallest absolute Gasteiger partial charge is 0.326 e. The second kappa shape index (κ2) is 18.4. The van der Waals surface area contributed by atoms with Gasteiger partial charge in [-0.1, -0.05) is 100 Å². The average molecular weight is 428 g/mol. The van der Waals surface area contributed by atoms with Gasteiger partial charge in [0, 0.05) is 12.8 Å². The first-order valence-electron chi connectivity index (χ1n) is 12.0. The van der Waals surface area contributed by atoms with Gasteiger partial charge < -0.3 is 10.4 Å². The molecule has 31 heavy (non-hydrogen) atoms. The van der Waals surface area contributed by atoms with Crippen LogP contribution in [-0.2, 0) is 16.0 Å². The van der Waals surface area contributed by atoms with E-state index in [4.69, 9.17) is 0 Å². The first-order valence-corrected chi connectivity index (χ1v) is 12.0. The van der Waals surface area contributed by atoms with Gasteiger partial charge in [0.15, 0.2) is 0 Å². The van der Waals surface area contributed by atoms with Crippen molar-refractivity contribution in [3.05, 3.63) is 60.2 Å². The Hall–Kier alpha value is -2.36. The standard InChI is InChI=1S/C27H41NO3/c1-2-3-4-5-6-7-8-9-10-11-12-13-14-15-19-22-26(29)28-25(27(30)31)23-24-20-17-16-18-21-24/h7-10,16-18,20-21,25H,2-6,11-15,19,22-23H2,1H3,(H,28,29)(H,30,31)/b8-7+,10-9-. The maximum atomic E-state index is 12.1. The van der Waals surface area contributed by atoms with Gasteiger partial charge in [0.2, 0.25) is 5.91 Å². The molecule has 0 aliphatic rings.